The molecule has 0 saturated heterocycles. The highest BCUT2D eigenvalue weighted by Crippen LogP contribution is 2.42. The van der Waals surface area contributed by atoms with Crippen LogP contribution < -0.4 is 21.5 Å². The highest BCUT2D eigenvalue weighted by Gasteiger charge is 2.48. The van der Waals surface area contributed by atoms with Gasteiger partial charge in [-0.15, -0.1) is 0 Å². The topological polar surface area (TPSA) is 151 Å². The van der Waals surface area contributed by atoms with Crippen molar-refractivity contribution in [2.75, 3.05) is 0 Å². The van der Waals surface area contributed by atoms with Gasteiger partial charge in [0.1, 0.15) is 23.2 Å². The molecule has 0 aromatic heterocycles. The van der Waals surface area contributed by atoms with Crippen molar-refractivity contribution < 1.29 is 33.0 Å². The lowest BCUT2D eigenvalue weighted by Gasteiger charge is -2.44. The number of nitrogens with two attached hydrogens (primary N) is 2. The summed E-state index contributed by atoms with van der Waals surface area (Å²) in [5.41, 5.74) is 10.5. The number of ether oxygens (including phenoxy) is 2. The van der Waals surface area contributed by atoms with Crippen molar-refractivity contribution in [1.29, 1.82) is 0 Å². The van der Waals surface area contributed by atoms with Crippen LogP contribution >= 0.6 is 11.6 Å². The molecule has 0 fully saturated rings. The number of amides is 2. The van der Waals surface area contributed by atoms with Gasteiger partial charge in [-0.25, -0.2) is 4.39 Å². The molecule has 2 aromatic rings. The Hall–Kier alpha value is -3.50. The third kappa shape index (κ3) is 5.77. The first-order valence-electron chi connectivity index (χ1n) is 10.6. The van der Waals surface area contributed by atoms with E-state index in [1.165, 1.54) is 19.1 Å². The molecule has 2 amide bonds. The summed E-state index contributed by atoms with van der Waals surface area (Å²) in [4.78, 5) is 49.0. The fraction of sp³-hybridized carbons (Fsp3) is 0.333. The van der Waals surface area contributed by atoms with Gasteiger partial charge in [0.25, 0.3) is 5.91 Å². The van der Waals surface area contributed by atoms with E-state index >= 15 is 0 Å². The molecule has 35 heavy (non-hydrogen) atoms. The predicted molar refractivity (Wildman–Crippen MR) is 124 cm³/mol. The summed E-state index contributed by atoms with van der Waals surface area (Å²) in [5.74, 6) is -2.93. The highest BCUT2D eigenvalue weighted by molar-refractivity contribution is 6.31. The van der Waals surface area contributed by atoms with E-state index in [1.807, 2.05) is 0 Å². The van der Waals surface area contributed by atoms with E-state index in [1.54, 1.807) is 26.0 Å². The first-order valence-corrected chi connectivity index (χ1v) is 11.0. The number of hydrogen-bond acceptors (Lipinski definition) is 7. The van der Waals surface area contributed by atoms with E-state index < -0.39 is 53.8 Å². The summed E-state index contributed by atoms with van der Waals surface area (Å²) in [6.07, 6.45) is -1.58. The largest absolute Gasteiger partial charge is 0.484 e. The van der Waals surface area contributed by atoms with Crippen LogP contribution in [0.15, 0.2) is 36.4 Å². The Morgan fingerprint density at radius 3 is 2.43 bits per heavy atom. The van der Waals surface area contributed by atoms with Crippen molar-refractivity contribution in [1.82, 2.24) is 5.32 Å². The SMILES string of the molecule is CC(=O)c1ccc2c(c1)[C@H](NC(=O)c1ccc(F)c(Cl)c1)[C@H](OC(=O)[C@@H](N)CC(N)=O)C(C)(C)O2. The van der Waals surface area contributed by atoms with Gasteiger partial charge in [-0.2, -0.15) is 0 Å². The number of hydrogen-bond donors (Lipinski definition) is 3. The van der Waals surface area contributed by atoms with Crippen molar-refractivity contribution in [2.24, 2.45) is 11.5 Å². The Bertz CT molecular complexity index is 1200. The Morgan fingerprint density at radius 2 is 1.83 bits per heavy atom. The number of carbonyl (C=O) groups excluding carboxylic acids is 4. The first kappa shape index (κ1) is 26.1. The average Bonchev–Trinajstić information content (AvgIpc) is 2.76. The minimum atomic E-state index is -1.33. The number of carbonyl (C=O) groups is 4. The van der Waals surface area contributed by atoms with Gasteiger partial charge in [0.2, 0.25) is 5.91 Å². The maximum atomic E-state index is 13.6. The molecule has 11 heteroatoms. The van der Waals surface area contributed by atoms with Crippen LogP contribution in [0.3, 0.4) is 0 Å². The van der Waals surface area contributed by atoms with Gasteiger partial charge in [0.05, 0.1) is 17.5 Å². The second-order valence-electron chi connectivity index (χ2n) is 8.73. The maximum absolute atomic E-state index is 13.6. The summed E-state index contributed by atoms with van der Waals surface area (Å²) < 4.78 is 25.3. The van der Waals surface area contributed by atoms with E-state index in [0.29, 0.717) is 16.9 Å². The normalized spacial score (nSPS) is 19.0. The average molecular weight is 506 g/mol. The highest BCUT2D eigenvalue weighted by atomic mass is 35.5. The van der Waals surface area contributed by atoms with E-state index in [9.17, 15) is 23.6 Å². The fourth-order valence-corrected chi connectivity index (χ4v) is 3.93. The third-order valence-corrected chi connectivity index (χ3v) is 5.84. The van der Waals surface area contributed by atoms with Gasteiger partial charge in [-0.1, -0.05) is 11.6 Å². The predicted octanol–water partition coefficient (Wildman–Crippen LogP) is 2.44. The molecule has 1 aliphatic rings. The molecule has 0 unspecified atom stereocenters. The molecule has 186 valence electrons. The van der Waals surface area contributed by atoms with Crippen molar-refractivity contribution in [3.05, 3.63) is 63.9 Å². The van der Waals surface area contributed by atoms with E-state index in [-0.39, 0.29) is 16.4 Å². The van der Waals surface area contributed by atoms with E-state index in [4.69, 9.17) is 32.5 Å². The van der Waals surface area contributed by atoms with Crippen LogP contribution in [0.2, 0.25) is 5.02 Å². The molecule has 1 heterocycles. The number of rotatable bonds is 7. The number of primary amides is 1. The number of ketones is 1. The van der Waals surface area contributed by atoms with Crippen molar-refractivity contribution >= 4 is 35.2 Å². The molecule has 0 aliphatic carbocycles. The summed E-state index contributed by atoms with van der Waals surface area (Å²) in [6.45, 7) is 4.66. The van der Waals surface area contributed by atoms with Crippen LogP contribution in [0.5, 0.6) is 5.75 Å². The van der Waals surface area contributed by atoms with Crippen LogP contribution in [0, 0.1) is 5.82 Å². The minimum absolute atomic E-state index is 0.0560. The zero-order valence-corrected chi connectivity index (χ0v) is 20.0. The molecule has 3 atom stereocenters. The van der Waals surface area contributed by atoms with E-state index in [0.717, 1.165) is 12.1 Å². The van der Waals surface area contributed by atoms with Gasteiger partial charge < -0.3 is 26.3 Å². The number of nitrogens with one attached hydrogen (secondary N) is 1. The smallest absolute Gasteiger partial charge is 0.323 e. The van der Waals surface area contributed by atoms with Crippen molar-refractivity contribution in [3.63, 3.8) is 0 Å². The lowest BCUT2D eigenvalue weighted by Crippen LogP contribution is -2.56. The van der Waals surface area contributed by atoms with Crippen LogP contribution in [-0.4, -0.2) is 41.3 Å². The van der Waals surface area contributed by atoms with Crippen molar-refractivity contribution in [2.45, 2.75) is 51.0 Å². The lowest BCUT2D eigenvalue weighted by molar-refractivity contribution is -0.167. The van der Waals surface area contributed by atoms with Crippen LogP contribution in [0.1, 0.15) is 59.5 Å². The number of halogens is 2. The molecule has 0 saturated carbocycles. The Balaban J connectivity index is 2.04. The van der Waals surface area contributed by atoms with Crippen molar-refractivity contribution in [3.8, 4) is 5.75 Å². The van der Waals surface area contributed by atoms with Gasteiger partial charge in [0, 0.05) is 16.7 Å². The monoisotopic (exact) mass is 505 g/mol. The quantitative estimate of drug-likeness (QED) is 0.386. The van der Waals surface area contributed by atoms with Crippen LogP contribution in [0.4, 0.5) is 4.39 Å². The van der Waals surface area contributed by atoms with E-state index in [2.05, 4.69) is 5.32 Å². The number of Topliss-reactive ketones (excluding diaryl/α,β-unsaturated/α-hetero) is 1. The zero-order valence-electron chi connectivity index (χ0n) is 19.3. The summed E-state index contributed by atoms with van der Waals surface area (Å²) in [6, 6.07) is 5.80. The van der Waals surface area contributed by atoms with Gasteiger partial charge in [-0.3, -0.25) is 19.2 Å². The molecule has 0 radical (unpaired) electrons. The molecular weight excluding hydrogens is 481 g/mol. The molecule has 5 N–H and O–H groups in total. The summed E-state index contributed by atoms with van der Waals surface area (Å²) in [5, 5.41) is 2.53. The minimum Gasteiger partial charge on any atom is -0.484 e. The molecule has 0 bridgehead atoms. The number of benzene rings is 2. The van der Waals surface area contributed by atoms with Crippen LogP contribution in [-0.2, 0) is 14.3 Å². The number of fused-ring (bicyclic) bond motifs is 1. The first-order chi connectivity index (χ1) is 16.3. The summed E-state index contributed by atoms with van der Waals surface area (Å²) >= 11 is 5.82. The fourth-order valence-electron chi connectivity index (χ4n) is 3.75. The zero-order chi connectivity index (χ0) is 26.1. The standard InChI is InChI=1S/C24H25ClFN3O6/c1-11(30)12-5-7-18-14(8-12)20(29-22(32)13-4-6-16(26)15(25)9-13)21(24(2,3)35-18)34-23(33)17(27)10-19(28)31/h4-9,17,20-21H,10,27H2,1-3H3,(H2,28,31)(H,29,32)/t17-,20-,21-/m0/s1. The van der Waals surface area contributed by atoms with Gasteiger partial charge in [0.15, 0.2) is 11.9 Å². The Morgan fingerprint density at radius 1 is 1.17 bits per heavy atom. The van der Waals surface area contributed by atoms with Crippen LogP contribution in [0.25, 0.3) is 0 Å². The Kier molecular flexibility index (Phi) is 7.47. The molecular formula is C24H25ClFN3O6. The molecule has 9 nitrogen and oxygen atoms in total. The second-order valence-corrected chi connectivity index (χ2v) is 9.14. The lowest BCUT2D eigenvalue weighted by atomic mass is 9.85. The maximum Gasteiger partial charge on any atom is 0.323 e. The second kappa shape index (κ2) is 10.0. The number of esters is 1. The molecule has 1 aliphatic heterocycles. The van der Waals surface area contributed by atoms with Gasteiger partial charge in [-0.05, 0) is 57.2 Å². The van der Waals surface area contributed by atoms with Gasteiger partial charge >= 0.3 is 5.97 Å². The third-order valence-electron chi connectivity index (χ3n) is 5.55. The summed E-state index contributed by atoms with van der Waals surface area (Å²) in [7, 11) is 0. The molecule has 0 spiro atoms. The molecule has 3 rings (SSSR count). The Labute approximate surface area is 205 Å². The molecule has 2 aromatic carbocycles.